The molecule has 1 amide bonds. The molecule has 25 heavy (non-hydrogen) atoms. The summed E-state index contributed by atoms with van der Waals surface area (Å²) < 4.78 is 14.9. The van der Waals surface area contributed by atoms with Crippen molar-refractivity contribution in [3.63, 3.8) is 0 Å². The van der Waals surface area contributed by atoms with Gasteiger partial charge in [0.05, 0.1) is 22.3 Å². The molecule has 1 aromatic heterocycles. The topological polar surface area (TPSA) is 96.0 Å². The Morgan fingerprint density at radius 3 is 2.44 bits per heavy atom. The first-order valence-electron chi connectivity index (χ1n) is 7.45. The maximum atomic E-state index is 14.0. The Labute approximate surface area is 141 Å². The second-order valence-corrected chi connectivity index (χ2v) is 5.43. The molecule has 0 spiro atoms. The quantitative estimate of drug-likeness (QED) is 0.676. The van der Waals surface area contributed by atoms with Gasteiger partial charge < -0.3 is 15.6 Å². The third-order valence-corrected chi connectivity index (χ3v) is 3.70. The number of amides is 1. The molecule has 1 heterocycles. The van der Waals surface area contributed by atoms with E-state index in [1.165, 1.54) is 25.1 Å². The zero-order valence-corrected chi connectivity index (χ0v) is 13.5. The molecule has 0 unspecified atom stereocenters. The summed E-state index contributed by atoms with van der Waals surface area (Å²) in [6.45, 7) is 1.38. The van der Waals surface area contributed by atoms with Gasteiger partial charge in [-0.2, -0.15) is 0 Å². The fourth-order valence-corrected chi connectivity index (χ4v) is 2.56. The minimum atomic E-state index is -0.640. The second-order valence-electron chi connectivity index (χ2n) is 5.43. The number of carbonyl (C=O) groups is 1. The molecule has 0 aliphatic carbocycles. The van der Waals surface area contributed by atoms with E-state index >= 15 is 0 Å². The summed E-state index contributed by atoms with van der Waals surface area (Å²) in [7, 11) is 1.54. The average molecular weight is 342 g/mol. The van der Waals surface area contributed by atoms with Crippen molar-refractivity contribution < 1.29 is 9.18 Å². The highest BCUT2D eigenvalue weighted by Crippen LogP contribution is 2.19. The Morgan fingerprint density at radius 1 is 1.16 bits per heavy atom. The Bertz CT molecular complexity index is 1080. The van der Waals surface area contributed by atoms with Crippen molar-refractivity contribution >= 4 is 28.2 Å². The zero-order chi connectivity index (χ0) is 18.1. The van der Waals surface area contributed by atoms with Crippen molar-refractivity contribution in [1.82, 2.24) is 9.55 Å². The van der Waals surface area contributed by atoms with E-state index in [1.54, 1.807) is 19.2 Å². The normalized spacial score (nSPS) is 10.7. The Balaban J connectivity index is 2.18. The minimum Gasteiger partial charge on any atom is -0.386 e. The number of hydrogen-bond donors (Lipinski definition) is 3. The van der Waals surface area contributed by atoms with Crippen molar-refractivity contribution in [1.29, 1.82) is 0 Å². The molecule has 0 saturated carbocycles. The molecule has 0 saturated heterocycles. The number of halogens is 1. The summed E-state index contributed by atoms with van der Waals surface area (Å²) in [5.74, 6) is -0.823. The first-order valence-corrected chi connectivity index (χ1v) is 7.45. The predicted octanol–water partition coefficient (Wildman–Crippen LogP) is 1.82. The van der Waals surface area contributed by atoms with Gasteiger partial charge in [0.2, 0.25) is 5.91 Å². The lowest BCUT2D eigenvalue weighted by Gasteiger charge is -2.09. The van der Waals surface area contributed by atoms with Crippen LogP contribution in [0.1, 0.15) is 6.92 Å². The zero-order valence-electron chi connectivity index (χ0n) is 13.5. The molecular formula is C17H15FN4O3. The molecular weight excluding hydrogens is 327 g/mol. The van der Waals surface area contributed by atoms with Crippen LogP contribution in [0.25, 0.3) is 16.6 Å². The van der Waals surface area contributed by atoms with Gasteiger partial charge in [0.15, 0.2) is 0 Å². The van der Waals surface area contributed by atoms with Crippen molar-refractivity contribution in [2.45, 2.75) is 6.92 Å². The van der Waals surface area contributed by atoms with Crippen LogP contribution in [0.3, 0.4) is 0 Å². The third-order valence-electron chi connectivity index (χ3n) is 3.70. The van der Waals surface area contributed by atoms with Crippen LogP contribution in [-0.2, 0) is 4.79 Å². The standard InChI is InChI=1S/C17H15FN4O3/c1-9(23)20-10-3-5-11(6-4-10)22-16(24)12-7-13(18)15(19-2)8-14(12)21-17(22)25/h3-8,19H,1-2H3,(H,20,23)(H,21,25). The third kappa shape index (κ3) is 3.01. The number of benzene rings is 2. The number of carbonyl (C=O) groups excluding carboxylic acids is 1. The van der Waals surface area contributed by atoms with Gasteiger partial charge in [-0.1, -0.05) is 0 Å². The van der Waals surface area contributed by atoms with Gasteiger partial charge in [-0.15, -0.1) is 0 Å². The van der Waals surface area contributed by atoms with Crippen molar-refractivity contribution in [2.75, 3.05) is 17.7 Å². The SMILES string of the molecule is CNc1cc2[nH]c(=O)n(-c3ccc(NC(C)=O)cc3)c(=O)c2cc1F. The van der Waals surface area contributed by atoms with E-state index in [0.29, 0.717) is 11.4 Å². The van der Waals surface area contributed by atoms with E-state index in [2.05, 4.69) is 15.6 Å². The van der Waals surface area contributed by atoms with E-state index in [-0.39, 0.29) is 22.5 Å². The molecule has 7 nitrogen and oxygen atoms in total. The molecule has 128 valence electrons. The number of anilines is 2. The van der Waals surface area contributed by atoms with Crippen LogP contribution in [-0.4, -0.2) is 22.5 Å². The van der Waals surface area contributed by atoms with Crippen molar-refractivity contribution in [3.8, 4) is 5.69 Å². The number of aromatic nitrogens is 2. The largest absolute Gasteiger partial charge is 0.386 e. The minimum absolute atomic E-state index is 0.0574. The van der Waals surface area contributed by atoms with Gasteiger partial charge in [0.25, 0.3) is 5.56 Å². The molecule has 8 heteroatoms. The monoisotopic (exact) mass is 342 g/mol. The Hall–Kier alpha value is -3.42. The Morgan fingerprint density at radius 2 is 1.84 bits per heavy atom. The average Bonchev–Trinajstić information content (AvgIpc) is 2.56. The highest BCUT2D eigenvalue weighted by molar-refractivity contribution is 5.88. The molecule has 0 fully saturated rings. The van der Waals surface area contributed by atoms with Crippen LogP contribution < -0.4 is 21.9 Å². The van der Waals surface area contributed by atoms with Crippen LogP contribution in [0, 0.1) is 5.82 Å². The molecule has 0 aliphatic heterocycles. The highest BCUT2D eigenvalue weighted by atomic mass is 19.1. The van der Waals surface area contributed by atoms with Crippen LogP contribution in [0.4, 0.5) is 15.8 Å². The molecule has 0 atom stereocenters. The summed E-state index contributed by atoms with van der Waals surface area (Å²) in [5, 5.41) is 5.31. The van der Waals surface area contributed by atoms with E-state index in [9.17, 15) is 18.8 Å². The van der Waals surface area contributed by atoms with Gasteiger partial charge in [0, 0.05) is 19.7 Å². The number of rotatable bonds is 3. The molecule has 0 bridgehead atoms. The number of hydrogen-bond acceptors (Lipinski definition) is 4. The molecule has 3 N–H and O–H groups in total. The van der Waals surface area contributed by atoms with Gasteiger partial charge in [-0.05, 0) is 36.4 Å². The summed E-state index contributed by atoms with van der Waals surface area (Å²) >= 11 is 0. The lowest BCUT2D eigenvalue weighted by Crippen LogP contribution is -2.33. The highest BCUT2D eigenvalue weighted by Gasteiger charge is 2.12. The summed E-state index contributed by atoms with van der Waals surface area (Å²) in [4.78, 5) is 38.6. The molecule has 2 aromatic carbocycles. The van der Waals surface area contributed by atoms with Crippen LogP contribution in [0.15, 0.2) is 46.0 Å². The van der Waals surface area contributed by atoms with Gasteiger partial charge >= 0.3 is 5.69 Å². The van der Waals surface area contributed by atoms with Gasteiger partial charge in [-0.3, -0.25) is 9.59 Å². The predicted molar refractivity (Wildman–Crippen MR) is 94.0 cm³/mol. The molecule has 0 aliphatic rings. The van der Waals surface area contributed by atoms with Crippen molar-refractivity contribution in [2.24, 2.45) is 0 Å². The van der Waals surface area contributed by atoms with Gasteiger partial charge in [0.1, 0.15) is 5.82 Å². The van der Waals surface area contributed by atoms with Gasteiger partial charge in [-0.25, -0.2) is 13.8 Å². The Kier molecular flexibility index (Phi) is 4.10. The summed E-state index contributed by atoms with van der Waals surface area (Å²) in [5.41, 5.74) is -0.00979. The van der Waals surface area contributed by atoms with Crippen LogP contribution in [0.5, 0.6) is 0 Å². The maximum Gasteiger partial charge on any atom is 0.333 e. The van der Waals surface area contributed by atoms with E-state index in [4.69, 9.17) is 0 Å². The van der Waals surface area contributed by atoms with Crippen molar-refractivity contribution in [3.05, 3.63) is 63.1 Å². The fourth-order valence-electron chi connectivity index (χ4n) is 2.56. The van der Waals surface area contributed by atoms with Crippen LogP contribution >= 0.6 is 0 Å². The number of aromatic amines is 1. The summed E-state index contributed by atoms with van der Waals surface area (Å²) in [6.07, 6.45) is 0. The lowest BCUT2D eigenvalue weighted by molar-refractivity contribution is -0.114. The fraction of sp³-hybridized carbons (Fsp3) is 0.118. The lowest BCUT2D eigenvalue weighted by atomic mass is 10.2. The van der Waals surface area contributed by atoms with E-state index in [0.717, 1.165) is 10.6 Å². The molecule has 3 aromatic rings. The second kappa shape index (κ2) is 6.23. The first-order chi connectivity index (χ1) is 11.9. The van der Waals surface area contributed by atoms with Crippen LogP contribution in [0.2, 0.25) is 0 Å². The molecule has 0 radical (unpaired) electrons. The maximum absolute atomic E-state index is 14.0. The number of nitrogens with zero attached hydrogens (tertiary/aromatic N) is 1. The molecule has 3 rings (SSSR count). The number of H-pyrrole nitrogens is 1. The van der Waals surface area contributed by atoms with E-state index < -0.39 is 17.1 Å². The van der Waals surface area contributed by atoms with E-state index in [1.807, 2.05) is 0 Å². The number of fused-ring (bicyclic) bond motifs is 1. The first kappa shape index (κ1) is 16.4. The summed E-state index contributed by atoms with van der Waals surface area (Å²) in [6, 6.07) is 8.63. The number of nitrogens with one attached hydrogen (secondary N) is 3. The smallest absolute Gasteiger partial charge is 0.333 e.